The number of piperidine rings is 1. The maximum Gasteiger partial charge on any atom is 0.270 e. The van der Waals surface area contributed by atoms with Crippen LogP contribution in [-0.2, 0) is 11.8 Å². The van der Waals surface area contributed by atoms with Gasteiger partial charge in [0.1, 0.15) is 5.69 Å². The molecule has 2 aliphatic heterocycles. The molecule has 0 aromatic carbocycles. The van der Waals surface area contributed by atoms with Gasteiger partial charge >= 0.3 is 0 Å². The lowest BCUT2D eigenvalue weighted by molar-refractivity contribution is -0.138. The van der Waals surface area contributed by atoms with E-state index in [1.54, 1.807) is 11.3 Å². The average molecular weight is 389 g/mol. The van der Waals surface area contributed by atoms with E-state index in [9.17, 15) is 9.59 Å². The Balaban J connectivity index is 1.34. The van der Waals surface area contributed by atoms with E-state index in [2.05, 4.69) is 23.3 Å². The van der Waals surface area contributed by atoms with Gasteiger partial charge in [-0.25, -0.2) is 0 Å². The molecule has 2 fully saturated rings. The van der Waals surface area contributed by atoms with Gasteiger partial charge in [-0.05, 0) is 36.9 Å². The number of fused-ring (bicyclic) bond motifs is 1. The second-order valence-corrected chi connectivity index (χ2v) is 8.53. The van der Waals surface area contributed by atoms with Crippen molar-refractivity contribution in [3.8, 4) is 0 Å². The van der Waals surface area contributed by atoms with Gasteiger partial charge in [0, 0.05) is 52.2 Å². The summed E-state index contributed by atoms with van der Waals surface area (Å²) in [5.41, 5.74) is 1.86. The Morgan fingerprint density at radius 1 is 1.07 bits per heavy atom. The van der Waals surface area contributed by atoms with Gasteiger partial charge in [-0.3, -0.25) is 9.59 Å². The van der Waals surface area contributed by atoms with Gasteiger partial charge < -0.3 is 19.3 Å². The minimum absolute atomic E-state index is 0.0686. The summed E-state index contributed by atoms with van der Waals surface area (Å²) in [5, 5.41) is 2.05. The SMILES string of the molecule is CCN1CCN(C(=O)C2CCN(C(=O)c3cc4sccc4n3C)CC2)CC1. The largest absolute Gasteiger partial charge is 0.340 e. The predicted molar refractivity (Wildman–Crippen MR) is 108 cm³/mol. The molecule has 0 bridgehead atoms. The van der Waals surface area contributed by atoms with Crippen LogP contribution in [0.4, 0.5) is 0 Å². The van der Waals surface area contributed by atoms with Crippen molar-refractivity contribution < 1.29 is 9.59 Å². The molecular weight excluding hydrogens is 360 g/mol. The highest BCUT2D eigenvalue weighted by atomic mass is 32.1. The van der Waals surface area contributed by atoms with Crippen LogP contribution < -0.4 is 0 Å². The first-order chi connectivity index (χ1) is 13.1. The Bertz CT molecular complexity index is 826. The molecule has 0 spiro atoms. The molecule has 6 nitrogen and oxygen atoms in total. The van der Waals surface area contributed by atoms with Crippen molar-refractivity contribution in [1.29, 1.82) is 0 Å². The van der Waals surface area contributed by atoms with Crippen molar-refractivity contribution in [2.24, 2.45) is 13.0 Å². The number of aryl methyl sites for hydroxylation is 1. The number of rotatable bonds is 3. The number of thiophene rings is 1. The van der Waals surface area contributed by atoms with E-state index < -0.39 is 0 Å². The first-order valence-corrected chi connectivity index (χ1v) is 10.8. The summed E-state index contributed by atoms with van der Waals surface area (Å²) in [4.78, 5) is 32.1. The lowest BCUT2D eigenvalue weighted by atomic mass is 9.94. The lowest BCUT2D eigenvalue weighted by Crippen LogP contribution is -2.51. The zero-order chi connectivity index (χ0) is 19.0. The van der Waals surface area contributed by atoms with Crippen molar-refractivity contribution in [2.75, 3.05) is 45.8 Å². The van der Waals surface area contributed by atoms with Gasteiger partial charge in [-0.2, -0.15) is 0 Å². The monoisotopic (exact) mass is 388 g/mol. The molecule has 4 rings (SSSR count). The molecule has 0 N–H and O–H groups in total. The molecule has 146 valence electrons. The number of carbonyl (C=O) groups is 2. The van der Waals surface area contributed by atoms with Crippen molar-refractivity contribution in [1.82, 2.24) is 19.3 Å². The molecule has 2 aliphatic rings. The Morgan fingerprint density at radius 2 is 1.78 bits per heavy atom. The van der Waals surface area contributed by atoms with Gasteiger partial charge in [0.15, 0.2) is 0 Å². The number of nitrogens with zero attached hydrogens (tertiary/aromatic N) is 4. The topological polar surface area (TPSA) is 48.8 Å². The van der Waals surface area contributed by atoms with Crippen LogP contribution in [0.1, 0.15) is 30.3 Å². The summed E-state index contributed by atoms with van der Waals surface area (Å²) in [7, 11) is 1.95. The van der Waals surface area contributed by atoms with E-state index >= 15 is 0 Å². The zero-order valence-corrected chi connectivity index (χ0v) is 17.0. The van der Waals surface area contributed by atoms with E-state index in [1.807, 2.05) is 27.5 Å². The predicted octanol–water partition coefficient (Wildman–Crippen LogP) is 2.26. The summed E-state index contributed by atoms with van der Waals surface area (Å²) >= 11 is 1.66. The number of likely N-dealkylation sites (tertiary alicyclic amines) is 1. The molecule has 0 saturated carbocycles. The van der Waals surface area contributed by atoms with E-state index in [1.165, 1.54) is 0 Å². The molecule has 0 unspecified atom stereocenters. The van der Waals surface area contributed by atoms with Crippen LogP contribution in [0.2, 0.25) is 0 Å². The molecule has 4 heterocycles. The van der Waals surface area contributed by atoms with Gasteiger partial charge in [-0.15, -0.1) is 11.3 Å². The summed E-state index contributed by atoms with van der Waals surface area (Å²) in [5.74, 6) is 0.444. The Labute approximate surface area is 164 Å². The van der Waals surface area contributed by atoms with E-state index in [4.69, 9.17) is 0 Å². The van der Waals surface area contributed by atoms with Crippen LogP contribution >= 0.6 is 11.3 Å². The van der Waals surface area contributed by atoms with Crippen LogP contribution in [-0.4, -0.2) is 76.9 Å². The Hall–Kier alpha value is -1.86. The summed E-state index contributed by atoms with van der Waals surface area (Å²) in [6.07, 6.45) is 1.55. The van der Waals surface area contributed by atoms with Crippen LogP contribution in [0.25, 0.3) is 10.2 Å². The molecule has 2 aromatic heterocycles. The fourth-order valence-electron chi connectivity index (χ4n) is 4.29. The van der Waals surface area contributed by atoms with Crippen LogP contribution in [0, 0.1) is 5.92 Å². The number of piperazine rings is 1. The first-order valence-electron chi connectivity index (χ1n) is 9.91. The van der Waals surface area contributed by atoms with E-state index in [-0.39, 0.29) is 17.7 Å². The second kappa shape index (κ2) is 7.64. The van der Waals surface area contributed by atoms with Crippen molar-refractivity contribution >= 4 is 33.4 Å². The highest BCUT2D eigenvalue weighted by Crippen LogP contribution is 2.27. The zero-order valence-electron chi connectivity index (χ0n) is 16.2. The number of hydrogen-bond acceptors (Lipinski definition) is 4. The first kappa shape index (κ1) is 18.5. The smallest absolute Gasteiger partial charge is 0.270 e. The van der Waals surface area contributed by atoms with Crippen LogP contribution in [0.5, 0.6) is 0 Å². The third kappa shape index (κ3) is 3.50. The minimum atomic E-state index is 0.0686. The molecule has 2 aromatic rings. The highest BCUT2D eigenvalue weighted by molar-refractivity contribution is 7.17. The average Bonchev–Trinajstić information content (AvgIpc) is 3.30. The third-order valence-corrected chi connectivity index (χ3v) is 7.00. The molecule has 27 heavy (non-hydrogen) atoms. The maximum atomic E-state index is 12.9. The molecule has 2 saturated heterocycles. The minimum Gasteiger partial charge on any atom is -0.340 e. The van der Waals surface area contributed by atoms with Crippen LogP contribution in [0.3, 0.4) is 0 Å². The molecule has 0 atom stereocenters. The summed E-state index contributed by atoms with van der Waals surface area (Å²) < 4.78 is 3.13. The van der Waals surface area contributed by atoms with E-state index in [0.29, 0.717) is 13.1 Å². The van der Waals surface area contributed by atoms with Gasteiger partial charge in [-0.1, -0.05) is 6.92 Å². The van der Waals surface area contributed by atoms with Crippen molar-refractivity contribution in [2.45, 2.75) is 19.8 Å². The van der Waals surface area contributed by atoms with Gasteiger partial charge in [0.25, 0.3) is 5.91 Å². The second-order valence-electron chi connectivity index (χ2n) is 7.58. The van der Waals surface area contributed by atoms with E-state index in [0.717, 1.165) is 61.5 Å². The number of carbonyl (C=O) groups excluding carboxylic acids is 2. The molecule has 2 amide bonds. The number of hydrogen-bond donors (Lipinski definition) is 0. The molecular formula is C20H28N4O2S. The third-order valence-electron chi connectivity index (χ3n) is 6.15. The van der Waals surface area contributed by atoms with Crippen molar-refractivity contribution in [3.63, 3.8) is 0 Å². The Morgan fingerprint density at radius 3 is 2.41 bits per heavy atom. The number of aromatic nitrogens is 1. The fraction of sp³-hybridized carbons (Fsp3) is 0.600. The Kier molecular flexibility index (Phi) is 5.23. The molecule has 7 heteroatoms. The number of amides is 2. The fourth-order valence-corrected chi connectivity index (χ4v) is 5.14. The van der Waals surface area contributed by atoms with Gasteiger partial charge in [0.05, 0.1) is 10.2 Å². The normalized spacial score (nSPS) is 19.8. The summed E-state index contributed by atoms with van der Waals surface area (Å²) in [6, 6.07) is 4.05. The van der Waals surface area contributed by atoms with Crippen LogP contribution in [0.15, 0.2) is 17.5 Å². The number of likely N-dealkylation sites (N-methyl/N-ethyl adjacent to an activating group) is 1. The lowest BCUT2D eigenvalue weighted by Gasteiger charge is -2.38. The maximum absolute atomic E-state index is 12.9. The van der Waals surface area contributed by atoms with Gasteiger partial charge in [0.2, 0.25) is 5.91 Å². The standard InChI is InChI=1S/C20H28N4O2S/c1-3-22-9-11-24(12-10-22)19(25)15-4-7-23(8-5-15)20(26)17-14-18-16(21(17)2)6-13-27-18/h6,13-15H,3-5,7-12H2,1-2H3. The quantitative estimate of drug-likeness (QED) is 0.810. The summed E-state index contributed by atoms with van der Waals surface area (Å²) in [6.45, 7) is 8.19. The van der Waals surface area contributed by atoms with Crippen molar-refractivity contribution in [3.05, 3.63) is 23.2 Å². The molecule has 0 radical (unpaired) electrons. The highest BCUT2D eigenvalue weighted by Gasteiger charge is 2.32. The molecule has 0 aliphatic carbocycles.